The van der Waals surface area contributed by atoms with Crippen LogP contribution in [0, 0.1) is 5.92 Å². The van der Waals surface area contributed by atoms with Crippen LogP contribution in [0.1, 0.15) is 43.7 Å². The van der Waals surface area contributed by atoms with Crippen molar-refractivity contribution in [3.8, 4) is 0 Å². The number of fused-ring (bicyclic) bond motifs is 1. The van der Waals surface area contributed by atoms with Gasteiger partial charge in [0.25, 0.3) is 0 Å². The molecule has 1 saturated carbocycles. The van der Waals surface area contributed by atoms with Crippen LogP contribution in [0.4, 0.5) is 19.0 Å². The number of aliphatic hydroxyl groups is 1. The molecule has 5 nitrogen and oxygen atoms in total. The number of aliphatic hydroxyl groups excluding tert-OH is 1. The topological polar surface area (TPSA) is 59.3 Å². The van der Waals surface area contributed by atoms with E-state index in [4.69, 9.17) is 4.74 Å². The van der Waals surface area contributed by atoms with E-state index in [9.17, 15) is 18.3 Å². The third-order valence-corrected chi connectivity index (χ3v) is 5.09. The smallest absolute Gasteiger partial charge is 0.391 e. The molecule has 4 atom stereocenters. The van der Waals surface area contributed by atoms with E-state index in [1.807, 2.05) is 0 Å². The van der Waals surface area contributed by atoms with Gasteiger partial charge in [-0.3, -0.25) is 0 Å². The normalized spacial score (nSPS) is 31.5. The number of hydrogen-bond donors (Lipinski definition) is 2. The van der Waals surface area contributed by atoms with E-state index in [-0.39, 0.29) is 36.9 Å². The molecule has 8 heteroatoms. The fourth-order valence-corrected chi connectivity index (χ4v) is 3.92. The molecule has 0 aromatic carbocycles. The van der Waals surface area contributed by atoms with Gasteiger partial charge in [0.1, 0.15) is 5.82 Å². The van der Waals surface area contributed by atoms with E-state index >= 15 is 0 Å². The molecular weight excluding hydrogens is 311 g/mol. The van der Waals surface area contributed by atoms with E-state index in [1.54, 1.807) is 7.11 Å². The Morgan fingerprint density at radius 3 is 2.78 bits per heavy atom. The van der Waals surface area contributed by atoms with Crippen LogP contribution in [0.3, 0.4) is 0 Å². The van der Waals surface area contributed by atoms with E-state index in [0.29, 0.717) is 5.56 Å². The number of alkyl halides is 3. The molecular formula is C15H22F3N3O2. The molecule has 4 unspecified atom stereocenters. The van der Waals surface area contributed by atoms with Gasteiger partial charge in [0.05, 0.1) is 18.9 Å². The van der Waals surface area contributed by atoms with Crippen LogP contribution in [0.2, 0.25) is 0 Å². The Morgan fingerprint density at radius 1 is 1.39 bits per heavy atom. The maximum absolute atomic E-state index is 13.5. The van der Waals surface area contributed by atoms with Crippen molar-refractivity contribution >= 4 is 5.82 Å². The van der Waals surface area contributed by atoms with Gasteiger partial charge in [-0.1, -0.05) is 12.8 Å². The molecule has 2 aliphatic rings. The van der Waals surface area contributed by atoms with Crippen molar-refractivity contribution in [2.24, 2.45) is 5.92 Å². The largest absolute Gasteiger partial charge is 0.410 e. The Bertz CT molecular complexity index is 547. The highest BCUT2D eigenvalue weighted by atomic mass is 19.4. The summed E-state index contributed by atoms with van der Waals surface area (Å²) in [5.74, 6) is 0.320. The van der Waals surface area contributed by atoms with Gasteiger partial charge in [-0.15, -0.1) is 0 Å². The molecule has 1 aliphatic carbocycles. The van der Waals surface area contributed by atoms with Gasteiger partial charge in [-0.25, -0.2) is 4.68 Å². The van der Waals surface area contributed by atoms with Crippen LogP contribution in [0.15, 0.2) is 6.20 Å². The third kappa shape index (κ3) is 3.06. The summed E-state index contributed by atoms with van der Waals surface area (Å²) in [6, 6.07) is -2.00. The zero-order chi connectivity index (χ0) is 16.6. The van der Waals surface area contributed by atoms with Gasteiger partial charge in [0, 0.05) is 24.6 Å². The predicted molar refractivity (Wildman–Crippen MR) is 78.0 cm³/mol. The quantitative estimate of drug-likeness (QED) is 0.893. The van der Waals surface area contributed by atoms with Gasteiger partial charge < -0.3 is 15.2 Å². The number of nitrogens with one attached hydrogen (secondary N) is 1. The van der Waals surface area contributed by atoms with Crippen LogP contribution in [0.25, 0.3) is 0 Å². The van der Waals surface area contributed by atoms with E-state index in [1.165, 1.54) is 6.20 Å². The third-order valence-electron chi connectivity index (χ3n) is 5.09. The van der Waals surface area contributed by atoms with Gasteiger partial charge in [0.2, 0.25) is 0 Å². The minimum atomic E-state index is -4.37. The summed E-state index contributed by atoms with van der Waals surface area (Å²) in [7, 11) is 1.62. The molecule has 0 bridgehead atoms. The number of anilines is 1. The fourth-order valence-electron chi connectivity index (χ4n) is 3.92. The molecule has 2 heterocycles. The molecule has 2 N–H and O–H groups in total. The average Bonchev–Trinajstić information content (AvgIpc) is 2.95. The highest BCUT2D eigenvalue weighted by Gasteiger charge is 2.48. The van der Waals surface area contributed by atoms with Crippen molar-refractivity contribution in [3.05, 3.63) is 11.8 Å². The Morgan fingerprint density at radius 2 is 2.13 bits per heavy atom. The van der Waals surface area contributed by atoms with Crippen LogP contribution >= 0.6 is 0 Å². The van der Waals surface area contributed by atoms with Crippen molar-refractivity contribution in [2.45, 2.75) is 63.1 Å². The lowest BCUT2D eigenvalue weighted by Crippen LogP contribution is -2.47. The highest BCUT2D eigenvalue weighted by molar-refractivity contribution is 5.47. The second-order valence-electron chi connectivity index (χ2n) is 6.39. The SMILES string of the molecule is COC1CCCCC1C1CC(C(F)(F)F)n2ncc(CO)c2N1. The lowest BCUT2D eigenvalue weighted by Gasteiger charge is -2.42. The van der Waals surface area contributed by atoms with Gasteiger partial charge in [-0.05, 0) is 19.3 Å². The van der Waals surface area contributed by atoms with Crippen molar-refractivity contribution in [1.29, 1.82) is 0 Å². The van der Waals surface area contributed by atoms with Crippen molar-refractivity contribution < 1.29 is 23.0 Å². The van der Waals surface area contributed by atoms with Crippen LogP contribution in [-0.4, -0.2) is 40.3 Å². The lowest BCUT2D eigenvalue weighted by molar-refractivity contribution is -0.175. The fraction of sp³-hybridized carbons (Fsp3) is 0.800. The number of aromatic nitrogens is 2. The molecule has 23 heavy (non-hydrogen) atoms. The molecule has 1 aliphatic heterocycles. The van der Waals surface area contributed by atoms with Crippen molar-refractivity contribution in [1.82, 2.24) is 9.78 Å². The van der Waals surface area contributed by atoms with Crippen LogP contribution in [0.5, 0.6) is 0 Å². The summed E-state index contributed by atoms with van der Waals surface area (Å²) < 4.78 is 46.9. The summed E-state index contributed by atoms with van der Waals surface area (Å²) >= 11 is 0. The zero-order valence-corrected chi connectivity index (χ0v) is 13.0. The molecule has 0 spiro atoms. The molecule has 3 rings (SSSR count). The average molecular weight is 333 g/mol. The summed E-state index contributed by atoms with van der Waals surface area (Å²) in [5.41, 5.74) is 0.397. The number of nitrogens with zero attached hydrogens (tertiary/aromatic N) is 2. The standard InChI is InChI=1S/C15H22F3N3O2/c1-23-12-5-3-2-4-10(12)11-6-13(15(16,17)18)21-14(20-11)9(8-22)7-19-21/h7,10-13,20,22H,2-6,8H2,1H3. The summed E-state index contributed by atoms with van der Waals surface area (Å²) in [6.07, 6.45) is 0.625. The van der Waals surface area contributed by atoms with Crippen LogP contribution < -0.4 is 5.32 Å². The zero-order valence-electron chi connectivity index (χ0n) is 13.0. The Kier molecular flexibility index (Phi) is 4.55. The second-order valence-corrected chi connectivity index (χ2v) is 6.39. The first kappa shape index (κ1) is 16.6. The van der Waals surface area contributed by atoms with E-state index < -0.39 is 12.2 Å². The number of rotatable bonds is 3. The molecule has 0 amide bonds. The summed E-state index contributed by atoms with van der Waals surface area (Å²) in [5, 5.41) is 16.4. The van der Waals surface area contributed by atoms with Crippen molar-refractivity contribution in [3.63, 3.8) is 0 Å². The molecule has 1 aromatic rings. The molecule has 130 valence electrons. The highest BCUT2D eigenvalue weighted by Crippen LogP contribution is 2.44. The monoisotopic (exact) mass is 333 g/mol. The Hall–Kier alpha value is -1.28. The maximum atomic E-state index is 13.5. The first-order chi connectivity index (χ1) is 11.0. The minimum absolute atomic E-state index is 0.0258. The Labute approximate surface area is 132 Å². The summed E-state index contributed by atoms with van der Waals surface area (Å²) in [6.45, 7) is -0.335. The molecule has 0 saturated heterocycles. The van der Waals surface area contributed by atoms with Gasteiger partial charge in [0.15, 0.2) is 6.04 Å². The molecule has 1 aromatic heterocycles. The summed E-state index contributed by atoms with van der Waals surface area (Å²) in [4.78, 5) is 0. The van der Waals surface area contributed by atoms with E-state index in [2.05, 4.69) is 10.4 Å². The first-order valence-corrected chi connectivity index (χ1v) is 7.99. The predicted octanol–water partition coefficient (Wildman–Crippen LogP) is 2.87. The lowest BCUT2D eigenvalue weighted by atomic mass is 9.78. The van der Waals surface area contributed by atoms with E-state index in [0.717, 1.165) is 30.4 Å². The number of ether oxygens (including phenoxy) is 1. The van der Waals surface area contributed by atoms with Crippen LogP contribution in [-0.2, 0) is 11.3 Å². The van der Waals surface area contributed by atoms with Crippen molar-refractivity contribution in [2.75, 3.05) is 12.4 Å². The minimum Gasteiger partial charge on any atom is -0.391 e. The first-order valence-electron chi connectivity index (χ1n) is 7.99. The second kappa shape index (κ2) is 6.32. The number of hydrogen-bond acceptors (Lipinski definition) is 4. The molecule has 0 radical (unpaired) electrons. The Balaban J connectivity index is 1.92. The van der Waals surface area contributed by atoms with Gasteiger partial charge >= 0.3 is 6.18 Å². The van der Waals surface area contributed by atoms with Gasteiger partial charge in [-0.2, -0.15) is 18.3 Å². The number of methoxy groups -OCH3 is 1. The number of halogens is 3. The maximum Gasteiger partial charge on any atom is 0.410 e. The molecule has 1 fully saturated rings.